The van der Waals surface area contributed by atoms with E-state index in [-0.39, 0.29) is 11.8 Å². The van der Waals surface area contributed by atoms with Gasteiger partial charge in [-0.2, -0.15) is 18.3 Å². The fourth-order valence-corrected chi connectivity index (χ4v) is 4.59. The summed E-state index contributed by atoms with van der Waals surface area (Å²) >= 11 is 0. The minimum Gasteiger partial charge on any atom is -0.337 e. The second-order valence-corrected chi connectivity index (χ2v) is 8.50. The van der Waals surface area contributed by atoms with Crippen LogP contribution in [0.4, 0.5) is 13.2 Å². The molecule has 0 unspecified atom stereocenters. The number of carbonyl (C=O) groups is 1. The number of hydrogen-bond donors (Lipinski definition) is 1. The molecule has 162 valence electrons. The van der Waals surface area contributed by atoms with Crippen LogP contribution in [0, 0.1) is 0 Å². The standard InChI is InChI=1S/C22H27F3N4O/c1-14(2)29-12-9-19-17(13-29)20(27-26-19)21(30)28-10-7-15(8-11-28)16-5-3-4-6-18(16)22(23,24)25/h3-6,14-15H,7-13H2,1-2H3,(H,26,27). The molecule has 1 fully saturated rings. The van der Waals surface area contributed by atoms with Crippen LogP contribution >= 0.6 is 0 Å². The lowest BCUT2D eigenvalue weighted by atomic mass is 9.86. The maximum absolute atomic E-state index is 13.4. The number of piperidine rings is 1. The smallest absolute Gasteiger partial charge is 0.337 e. The van der Waals surface area contributed by atoms with Gasteiger partial charge in [0.05, 0.1) is 5.56 Å². The molecule has 1 aromatic heterocycles. The largest absolute Gasteiger partial charge is 0.416 e. The fourth-order valence-electron chi connectivity index (χ4n) is 4.59. The highest BCUT2D eigenvalue weighted by Crippen LogP contribution is 2.38. The Bertz CT molecular complexity index is 913. The Hall–Kier alpha value is -2.35. The molecule has 0 bridgehead atoms. The number of aromatic nitrogens is 2. The van der Waals surface area contributed by atoms with Crippen molar-refractivity contribution in [2.45, 2.75) is 57.8 Å². The molecule has 0 aliphatic carbocycles. The van der Waals surface area contributed by atoms with Crippen molar-refractivity contribution >= 4 is 5.91 Å². The fraction of sp³-hybridized carbons (Fsp3) is 0.545. The molecule has 1 saturated heterocycles. The van der Waals surface area contributed by atoms with E-state index < -0.39 is 11.7 Å². The van der Waals surface area contributed by atoms with Gasteiger partial charge < -0.3 is 4.90 Å². The molecule has 0 atom stereocenters. The van der Waals surface area contributed by atoms with Gasteiger partial charge in [0, 0.05) is 49.9 Å². The molecule has 3 heterocycles. The summed E-state index contributed by atoms with van der Waals surface area (Å²) in [5.74, 6) is -0.322. The zero-order valence-electron chi connectivity index (χ0n) is 17.3. The number of amides is 1. The Morgan fingerprint density at radius 2 is 1.87 bits per heavy atom. The summed E-state index contributed by atoms with van der Waals surface area (Å²) in [7, 11) is 0. The highest BCUT2D eigenvalue weighted by molar-refractivity contribution is 5.94. The van der Waals surface area contributed by atoms with Crippen molar-refractivity contribution < 1.29 is 18.0 Å². The summed E-state index contributed by atoms with van der Waals surface area (Å²) in [5.41, 5.74) is 2.21. The van der Waals surface area contributed by atoms with Crippen molar-refractivity contribution in [3.05, 3.63) is 52.3 Å². The summed E-state index contributed by atoms with van der Waals surface area (Å²) in [6.07, 6.45) is -2.49. The first-order valence-electron chi connectivity index (χ1n) is 10.5. The summed E-state index contributed by atoms with van der Waals surface area (Å²) in [4.78, 5) is 17.2. The van der Waals surface area contributed by atoms with Crippen molar-refractivity contribution in [1.29, 1.82) is 0 Å². The van der Waals surface area contributed by atoms with Crippen molar-refractivity contribution in [3.8, 4) is 0 Å². The van der Waals surface area contributed by atoms with Crippen LogP contribution in [-0.2, 0) is 19.1 Å². The van der Waals surface area contributed by atoms with Gasteiger partial charge in [-0.15, -0.1) is 0 Å². The molecular formula is C22H27F3N4O. The first-order valence-corrected chi connectivity index (χ1v) is 10.5. The number of nitrogens with one attached hydrogen (secondary N) is 1. The molecule has 0 spiro atoms. The van der Waals surface area contributed by atoms with E-state index in [1.807, 2.05) is 0 Å². The third-order valence-electron chi connectivity index (χ3n) is 6.38. The van der Waals surface area contributed by atoms with Crippen LogP contribution in [0.1, 0.15) is 65.5 Å². The van der Waals surface area contributed by atoms with Crippen LogP contribution in [0.25, 0.3) is 0 Å². The summed E-state index contributed by atoms with van der Waals surface area (Å²) in [6.45, 7) is 6.77. The minimum atomic E-state index is -4.36. The number of aromatic amines is 1. The number of rotatable bonds is 3. The predicted octanol–water partition coefficient (Wildman–Crippen LogP) is 4.21. The molecule has 0 radical (unpaired) electrons. The molecule has 8 heteroatoms. The highest BCUT2D eigenvalue weighted by Gasteiger charge is 2.37. The monoisotopic (exact) mass is 420 g/mol. The van der Waals surface area contributed by atoms with Gasteiger partial charge in [0.1, 0.15) is 0 Å². The number of carbonyl (C=O) groups excluding carboxylic acids is 1. The third-order valence-corrected chi connectivity index (χ3v) is 6.38. The Morgan fingerprint density at radius 1 is 1.17 bits per heavy atom. The molecular weight excluding hydrogens is 393 g/mol. The van der Waals surface area contributed by atoms with Crippen LogP contribution in [0.5, 0.6) is 0 Å². The number of alkyl halides is 3. The van der Waals surface area contributed by atoms with Gasteiger partial charge in [-0.05, 0) is 44.2 Å². The van der Waals surface area contributed by atoms with Gasteiger partial charge in [0.25, 0.3) is 5.91 Å². The summed E-state index contributed by atoms with van der Waals surface area (Å²) in [6, 6.07) is 6.17. The number of fused-ring (bicyclic) bond motifs is 1. The highest BCUT2D eigenvalue weighted by atomic mass is 19.4. The third kappa shape index (κ3) is 3.97. The molecule has 2 aromatic rings. The Kier molecular flexibility index (Phi) is 5.61. The van der Waals surface area contributed by atoms with E-state index in [2.05, 4.69) is 28.9 Å². The topological polar surface area (TPSA) is 52.2 Å². The maximum Gasteiger partial charge on any atom is 0.416 e. The Balaban J connectivity index is 1.46. The first kappa shape index (κ1) is 20.9. The van der Waals surface area contributed by atoms with E-state index in [9.17, 15) is 18.0 Å². The lowest BCUT2D eigenvalue weighted by Gasteiger charge is -2.34. The van der Waals surface area contributed by atoms with E-state index in [0.717, 1.165) is 30.3 Å². The van der Waals surface area contributed by atoms with Gasteiger partial charge >= 0.3 is 6.18 Å². The van der Waals surface area contributed by atoms with Crippen molar-refractivity contribution in [1.82, 2.24) is 20.0 Å². The zero-order valence-corrected chi connectivity index (χ0v) is 17.3. The second-order valence-electron chi connectivity index (χ2n) is 8.50. The van der Waals surface area contributed by atoms with Crippen LogP contribution < -0.4 is 0 Å². The number of hydrogen-bond acceptors (Lipinski definition) is 3. The Morgan fingerprint density at radius 3 is 2.53 bits per heavy atom. The molecule has 2 aliphatic rings. The van der Waals surface area contributed by atoms with Gasteiger partial charge in [-0.25, -0.2) is 0 Å². The zero-order chi connectivity index (χ0) is 21.5. The molecule has 4 rings (SSSR count). The maximum atomic E-state index is 13.4. The number of benzene rings is 1. The van der Waals surface area contributed by atoms with Crippen LogP contribution in [0.3, 0.4) is 0 Å². The molecule has 2 aliphatic heterocycles. The van der Waals surface area contributed by atoms with Crippen molar-refractivity contribution in [3.63, 3.8) is 0 Å². The predicted molar refractivity (Wildman–Crippen MR) is 107 cm³/mol. The van der Waals surface area contributed by atoms with Gasteiger partial charge in [0.2, 0.25) is 0 Å². The quantitative estimate of drug-likeness (QED) is 0.809. The van der Waals surface area contributed by atoms with Crippen molar-refractivity contribution in [2.75, 3.05) is 19.6 Å². The number of H-pyrrole nitrogens is 1. The van der Waals surface area contributed by atoms with E-state index in [4.69, 9.17) is 0 Å². The molecule has 0 saturated carbocycles. The normalized spacial score (nSPS) is 18.7. The molecule has 5 nitrogen and oxygen atoms in total. The van der Waals surface area contributed by atoms with Crippen LogP contribution in [0.15, 0.2) is 24.3 Å². The van der Waals surface area contributed by atoms with Crippen LogP contribution in [0.2, 0.25) is 0 Å². The number of likely N-dealkylation sites (tertiary alicyclic amines) is 1. The van der Waals surface area contributed by atoms with Crippen LogP contribution in [-0.4, -0.2) is 51.6 Å². The average Bonchev–Trinajstić information content (AvgIpc) is 3.16. The molecule has 1 N–H and O–H groups in total. The van der Waals surface area contributed by atoms with E-state index in [1.54, 1.807) is 17.0 Å². The summed E-state index contributed by atoms with van der Waals surface area (Å²) < 4.78 is 40.1. The minimum absolute atomic E-state index is 0.124. The first-order chi connectivity index (χ1) is 14.3. The van der Waals surface area contributed by atoms with E-state index >= 15 is 0 Å². The SMILES string of the molecule is CC(C)N1CCc2[nH]nc(C(=O)N3CCC(c4ccccc4C(F)(F)F)CC3)c2C1. The number of halogens is 3. The lowest BCUT2D eigenvalue weighted by Crippen LogP contribution is -2.40. The van der Waals surface area contributed by atoms with Gasteiger partial charge in [-0.1, -0.05) is 18.2 Å². The molecule has 1 aromatic carbocycles. The lowest BCUT2D eigenvalue weighted by molar-refractivity contribution is -0.138. The van der Waals surface area contributed by atoms with Gasteiger partial charge in [-0.3, -0.25) is 14.8 Å². The van der Waals surface area contributed by atoms with Gasteiger partial charge in [0.15, 0.2) is 5.69 Å². The van der Waals surface area contributed by atoms with Crippen molar-refractivity contribution in [2.24, 2.45) is 0 Å². The second kappa shape index (κ2) is 8.06. The molecule has 1 amide bonds. The summed E-state index contributed by atoms with van der Waals surface area (Å²) in [5, 5.41) is 7.31. The number of nitrogens with zero attached hydrogens (tertiary/aromatic N) is 3. The average molecular weight is 420 g/mol. The van der Waals surface area contributed by atoms with E-state index in [1.165, 1.54) is 6.07 Å². The van der Waals surface area contributed by atoms with E-state index in [0.29, 0.717) is 49.8 Å². The Labute approximate surface area is 174 Å². The molecule has 30 heavy (non-hydrogen) atoms.